The highest BCUT2D eigenvalue weighted by Crippen LogP contribution is 1.84. The van der Waals surface area contributed by atoms with Gasteiger partial charge < -0.3 is 10.4 Å². The van der Waals surface area contributed by atoms with Gasteiger partial charge in [0.15, 0.2) is 5.82 Å². The Morgan fingerprint density at radius 3 is 2.75 bits per heavy atom. The van der Waals surface area contributed by atoms with E-state index < -0.39 is 0 Å². The Balaban J connectivity index is 3.54. The molecule has 46 valence electrons. The molecule has 0 saturated heterocycles. The summed E-state index contributed by atoms with van der Waals surface area (Å²) in [5.41, 5.74) is 6.40. The van der Waals surface area contributed by atoms with Crippen LogP contribution < -0.4 is 5.32 Å². The van der Waals surface area contributed by atoms with Crippen LogP contribution in [0, 0.1) is 5.53 Å². The van der Waals surface area contributed by atoms with Crippen LogP contribution in [0.3, 0.4) is 0 Å². The second kappa shape index (κ2) is 4.11. The zero-order valence-electron chi connectivity index (χ0n) is 4.68. The van der Waals surface area contributed by atoms with Gasteiger partial charge in [-0.25, -0.2) is 5.53 Å². The molecule has 4 nitrogen and oxygen atoms in total. The van der Waals surface area contributed by atoms with Gasteiger partial charge in [-0.1, -0.05) is 0 Å². The number of hydrogen-bond acceptors (Lipinski definition) is 4. The summed E-state index contributed by atoms with van der Waals surface area (Å²) in [4.78, 5) is 0. The van der Waals surface area contributed by atoms with Crippen LogP contribution in [-0.2, 0) is 0 Å². The molecule has 0 aromatic carbocycles. The van der Waals surface area contributed by atoms with Gasteiger partial charge in [-0.2, -0.15) is 0 Å². The summed E-state index contributed by atoms with van der Waals surface area (Å²) >= 11 is 0. The lowest BCUT2D eigenvalue weighted by Crippen LogP contribution is -2.09. The van der Waals surface area contributed by atoms with Crippen molar-refractivity contribution in [2.45, 2.75) is 6.92 Å². The Bertz CT molecular complexity index is 99.5. The lowest BCUT2D eigenvalue weighted by molar-refractivity contribution is 0.458. The SMILES string of the molecule is CCN/C(=C\O)N=N. The first kappa shape index (κ1) is 6.94. The molecule has 0 bridgehead atoms. The largest absolute Gasteiger partial charge is 0.512 e. The first-order valence-corrected chi connectivity index (χ1v) is 2.30. The molecule has 3 N–H and O–H groups in total. The van der Waals surface area contributed by atoms with E-state index in [1.165, 1.54) is 0 Å². The summed E-state index contributed by atoms with van der Waals surface area (Å²) < 4.78 is 0. The number of hydrogen-bond donors (Lipinski definition) is 3. The fourth-order valence-corrected chi connectivity index (χ4v) is 0.295. The summed E-state index contributed by atoms with van der Waals surface area (Å²) in [6.45, 7) is 2.52. The number of aliphatic hydroxyl groups excluding tert-OH is 1. The van der Waals surface area contributed by atoms with Crippen LogP contribution in [0.5, 0.6) is 0 Å². The zero-order valence-corrected chi connectivity index (χ0v) is 4.68. The fraction of sp³-hybridized carbons (Fsp3) is 0.500. The molecule has 0 unspecified atom stereocenters. The number of nitrogens with one attached hydrogen (secondary N) is 2. The molecular weight excluding hydrogens is 106 g/mol. The summed E-state index contributed by atoms with van der Waals surface area (Å²) in [6.07, 6.45) is 0.760. The minimum atomic E-state index is 0.188. The molecule has 0 aliphatic rings. The molecule has 0 rings (SSSR count). The molecule has 4 heteroatoms. The third-order valence-electron chi connectivity index (χ3n) is 0.601. The molecule has 0 radical (unpaired) electrons. The average Bonchev–Trinajstić information content (AvgIpc) is 1.83. The van der Waals surface area contributed by atoms with Crippen LogP contribution in [0.2, 0.25) is 0 Å². The van der Waals surface area contributed by atoms with E-state index in [0.717, 1.165) is 6.26 Å². The van der Waals surface area contributed by atoms with Gasteiger partial charge in [0, 0.05) is 6.54 Å². The minimum absolute atomic E-state index is 0.188. The monoisotopic (exact) mass is 115 g/mol. The van der Waals surface area contributed by atoms with E-state index in [4.69, 9.17) is 10.6 Å². The van der Waals surface area contributed by atoms with Crippen LogP contribution in [0.25, 0.3) is 0 Å². The van der Waals surface area contributed by atoms with Crippen LogP contribution in [0.15, 0.2) is 17.2 Å². The molecule has 0 amide bonds. The summed E-state index contributed by atoms with van der Waals surface area (Å²) in [7, 11) is 0. The van der Waals surface area contributed by atoms with Crippen molar-refractivity contribution >= 4 is 0 Å². The van der Waals surface area contributed by atoms with E-state index in [-0.39, 0.29) is 5.82 Å². The highest BCUT2D eigenvalue weighted by atomic mass is 16.2. The Morgan fingerprint density at radius 1 is 2.00 bits per heavy atom. The molecule has 8 heavy (non-hydrogen) atoms. The average molecular weight is 115 g/mol. The van der Waals surface area contributed by atoms with E-state index in [9.17, 15) is 0 Å². The highest BCUT2D eigenvalue weighted by molar-refractivity contribution is 4.88. The van der Waals surface area contributed by atoms with Crippen molar-refractivity contribution in [3.63, 3.8) is 0 Å². The number of nitrogens with zero attached hydrogens (tertiary/aromatic N) is 1. The molecule has 0 spiro atoms. The number of aliphatic hydroxyl groups is 1. The van der Waals surface area contributed by atoms with Crippen molar-refractivity contribution in [3.05, 3.63) is 12.1 Å². The zero-order chi connectivity index (χ0) is 6.41. The molecule has 0 atom stereocenters. The van der Waals surface area contributed by atoms with Gasteiger partial charge in [0.05, 0.1) is 0 Å². The van der Waals surface area contributed by atoms with Gasteiger partial charge in [0.2, 0.25) is 0 Å². The van der Waals surface area contributed by atoms with Crippen LogP contribution in [0.4, 0.5) is 0 Å². The van der Waals surface area contributed by atoms with Crippen LogP contribution in [0.1, 0.15) is 6.92 Å². The fourth-order valence-electron chi connectivity index (χ4n) is 0.295. The quantitative estimate of drug-likeness (QED) is 0.379. The van der Waals surface area contributed by atoms with Crippen molar-refractivity contribution in [1.82, 2.24) is 5.32 Å². The van der Waals surface area contributed by atoms with Gasteiger partial charge in [-0.15, -0.1) is 5.11 Å². The Morgan fingerprint density at radius 2 is 2.62 bits per heavy atom. The molecule has 0 aliphatic carbocycles. The second-order valence-electron chi connectivity index (χ2n) is 1.16. The maximum Gasteiger partial charge on any atom is 0.182 e. The van der Waals surface area contributed by atoms with E-state index in [2.05, 4.69) is 10.4 Å². The third kappa shape index (κ3) is 2.17. The lowest BCUT2D eigenvalue weighted by atomic mass is 10.7. The summed E-state index contributed by atoms with van der Waals surface area (Å²) in [5.74, 6) is 0.188. The predicted octanol–water partition coefficient (Wildman–Crippen LogP) is 0.984. The topological polar surface area (TPSA) is 68.5 Å². The maximum atomic E-state index is 8.22. The standard InChI is InChI=1S/C4H9N3O/c1-2-6-4(3-8)7-5/h3,5-6,8H,2H2,1H3/b4-3+,7-5?. The van der Waals surface area contributed by atoms with Crippen LogP contribution in [-0.4, -0.2) is 11.7 Å². The number of rotatable bonds is 3. The van der Waals surface area contributed by atoms with Gasteiger partial charge in [-0.3, -0.25) is 0 Å². The Hall–Kier alpha value is -1.06. The van der Waals surface area contributed by atoms with Crippen molar-refractivity contribution in [2.24, 2.45) is 5.11 Å². The lowest BCUT2D eigenvalue weighted by Gasteiger charge is -1.95. The molecule has 0 saturated carbocycles. The maximum absolute atomic E-state index is 8.22. The van der Waals surface area contributed by atoms with E-state index in [1.807, 2.05) is 6.92 Å². The second-order valence-corrected chi connectivity index (χ2v) is 1.16. The first-order chi connectivity index (χ1) is 3.85. The third-order valence-corrected chi connectivity index (χ3v) is 0.601. The Labute approximate surface area is 47.7 Å². The van der Waals surface area contributed by atoms with Crippen molar-refractivity contribution in [1.29, 1.82) is 5.53 Å². The smallest absolute Gasteiger partial charge is 0.182 e. The van der Waals surface area contributed by atoms with Crippen molar-refractivity contribution < 1.29 is 5.11 Å². The van der Waals surface area contributed by atoms with Crippen molar-refractivity contribution in [2.75, 3.05) is 6.54 Å². The highest BCUT2D eigenvalue weighted by Gasteiger charge is 1.84. The molecular formula is C4H9N3O. The molecule has 0 aliphatic heterocycles. The van der Waals surface area contributed by atoms with Gasteiger partial charge in [0.25, 0.3) is 0 Å². The molecule has 0 aromatic heterocycles. The molecule has 0 heterocycles. The van der Waals surface area contributed by atoms with Crippen molar-refractivity contribution in [3.8, 4) is 0 Å². The summed E-state index contributed by atoms with van der Waals surface area (Å²) in [5, 5.41) is 13.8. The minimum Gasteiger partial charge on any atom is -0.512 e. The van der Waals surface area contributed by atoms with Gasteiger partial charge in [-0.05, 0) is 6.92 Å². The van der Waals surface area contributed by atoms with Crippen LogP contribution >= 0.6 is 0 Å². The van der Waals surface area contributed by atoms with E-state index >= 15 is 0 Å². The normalized spacial score (nSPS) is 10.9. The first-order valence-electron chi connectivity index (χ1n) is 2.30. The van der Waals surface area contributed by atoms with E-state index in [1.54, 1.807) is 0 Å². The van der Waals surface area contributed by atoms with Gasteiger partial charge in [0.1, 0.15) is 6.26 Å². The molecule has 0 aromatic rings. The van der Waals surface area contributed by atoms with Gasteiger partial charge >= 0.3 is 0 Å². The summed E-state index contributed by atoms with van der Waals surface area (Å²) in [6, 6.07) is 0. The Kier molecular flexibility index (Phi) is 3.56. The molecule has 0 fully saturated rings. The van der Waals surface area contributed by atoms with E-state index in [0.29, 0.717) is 6.54 Å². The predicted molar refractivity (Wildman–Crippen MR) is 29.5 cm³/mol.